The van der Waals surface area contributed by atoms with Crippen LogP contribution in [0.2, 0.25) is 0 Å². The van der Waals surface area contributed by atoms with E-state index in [1.54, 1.807) is 42.6 Å². The molecule has 19 N–H and O–H groups in total. The molecule has 0 bridgehead atoms. The van der Waals surface area contributed by atoms with Crippen LogP contribution in [-0.4, -0.2) is 155 Å². The number of nitrogens with one attached hydrogen (secondary N) is 12. The van der Waals surface area contributed by atoms with Crippen molar-refractivity contribution in [3.63, 3.8) is 0 Å². The number of nitrogens with zero attached hydrogens (tertiary/aromatic N) is 1. The van der Waals surface area contributed by atoms with Crippen molar-refractivity contribution in [3.05, 3.63) is 71.9 Å². The fourth-order valence-electron chi connectivity index (χ4n) is 8.35. The molecule has 2 aromatic carbocycles. The average Bonchev–Trinajstić information content (AvgIpc) is 3.76. The maximum Gasteiger partial charge on any atom is 0.245 e. The van der Waals surface area contributed by atoms with Crippen LogP contribution in [0, 0.1) is 10.8 Å². The van der Waals surface area contributed by atoms with Gasteiger partial charge in [-0.3, -0.25) is 54.0 Å². The molecular weight excluding hydrogens is 973 g/mol. The maximum absolute atomic E-state index is 14.6. The minimum atomic E-state index is -1.52. The van der Waals surface area contributed by atoms with Crippen molar-refractivity contribution in [3.8, 4) is 0 Å². The van der Waals surface area contributed by atoms with E-state index in [1.807, 2.05) is 18.2 Å². The molecular formula is C49H72N16O10. The highest BCUT2D eigenvalue weighted by Gasteiger charge is 2.35. The Hall–Kier alpha value is -8.29. The van der Waals surface area contributed by atoms with Crippen LogP contribution < -0.4 is 65.1 Å². The third-order valence-electron chi connectivity index (χ3n) is 12.0. The molecule has 1 aliphatic heterocycles. The van der Waals surface area contributed by atoms with E-state index in [9.17, 15) is 48.3 Å². The second-order valence-electron chi connectivity index (χ2n) is 18.3. The molecule has 4 rings (SSSR count). The standard InChI is InChI=1S/C49H72N16O10/c1-28(66)26-65-27-41(69)60-38(23-30-11-4-3-5-12-30)45(73)62-36(17-10-22-57-49(53)54)44(72)64-39(24-31-25-58-33-14-7-6-13-32(31)33)46(74)61-34(42(50)70)15-8-20-55-40(68)19-18-37(47(65)75)63-43(71)35(59-29(2)67)16-9-21-56-48(51)52/h3-7,11-14,25,28,34-39,58,66H,8-10,15-24,26-27H2,1-2H3,(H2,50,70)(H,55,68)(H,59,67)(H,60,69)(H,61,74)(H,62,73)(H,63,71)(H,64,72)(H4,51,52,56)(H4,53,54,57)/t28-,34+,35+,36+,37+,38-,39+/m1/s1. The first kappa shape index (κ1) is 59.3. The number of rotatable bonds is 18. The molecule has 3 aromatic rings. The van der Waals surface area contributed by atoms with Gasteiger partial charge in [0.15, 0.2) is 11.9 Å². The van der Waals surface area contributed by atoms with Crippen LogP contribution in [0.1, 0.15) is 76.3 Å². The summed E-state index contributed by atoms with van der Waals surface area (Å²) in [5, 5.41) is 50.2. The molecule has 75 heavy (non-hydrogen) atoms. The number of β-amino-alcohol motifs (C(OH)–C–C–N with tert-alkyl or cyclic N) is 1. The molecule has 0 aliphatic carbocycles. The third kappa shape index (κ3) is 20.6. The number of amides is 9. The highest BCUT2D eigenvalue weighted by molar-refractivity contribution is 5.97. The summed E-state index contributed by atoms with van der Waals surface area (Å²) < 4.78 is 0. The largest absolute Gasteiger partial charge is 0.392 e. The monoisotopic (exact) mass is 1040 g/mol. The number of aromatic nitrogens is 1. The van der Waals surface area contributed by atoms with E-state index in [4.69, 9.17) is 28.0 Å². The van der Waals surface area contributed by atoms with Crippen molar-refractivity contribution in [1.29, 1.82) is 10.8 Å². The van der Waals surface area contributed by atoms with Crippen molar-refractivity contribution in [1.82, 2.24) is 57.7 Å². The van der Waals surface area contributed by atoms with Gasteiger partial charge in [0.25, 0.3) is 0 Å². The summed E-state index contributed by atoms with van der Waals surface area (Å²) in [6.07, 6.45) is -0.0174. The molecule has 0 spiro atoms. The summed E-state index contributed by atoms with van der Waals surface area (Å²) in [6.45, 7) is 1.59. The number of para-hydroxylation sites is 1. The van der Waals surface area contributed by atoms with Gasteiger partial charge in [-0.05, 0) is 69.1 Å². The number of nitrogens with two attached hydrogens (primary N) is 3. The van der Waals surface area contributed by atoms with Gasteiger partial charge >= 0.3 is 0 Å². The van der Waals surface area contributed by atoms with Crippen LogP contribution in [0.3, 0.4) is 0 Å². The summed E-state index contributed by atoms with van der Waals surface area (Å²) in [6, 6.07) is 7.73. The van der Waals surface area contributed by atoms with Gasteiger partial charge < -0.3 is 80.0 Å². The second kappa shape index (κ2) is 30.0. The Labute approximate surface area is 433 Å². The number of aliphatic hydroxyl groups is 1. The van der Waals surface area contributed by atoms with Crippen molar-refractivity contribution >= 4 is 76.0 Å². The smallest absolute Gasteiger partial charge is 0.245 e. The quantitative estimate of drug-likeness (QED) is 0.0339. The van der Waals surface area contributed by atoms with Crippen molar-refractivity contribution in [2.45, 2.75) is 120 Å². The first-order chi connectivity index (χ1) is 35.7. The first-order valence-corrected chi connectivity index (χ1v) is 24.8. The molecule has 26 heteroatoms. The van der Waals surface area contributed by atoms with Gasteiger partial charge in [-0.15, -0.1) is 0 Å². The number of carbonyl (C=O) groups excluding carboxylic acids is 9. The van der Waals surface area contributed by atoms with Crippen LogP contribution in [0.4, 0.5) is 0 Å². The van der Waals surface area contributed by atoms with Gasteiger partial charge in [0, 0.05) is 69.5 Å². The second-order valence-corrected chi connectivity index (χ2v) is 18.3. The number of H-pyrrole nitrogens is 1. The molecule has 1 fully saturated rings. The molecule has 0 saturated carbocycles. The van der Waals surface area contributed by atoms with E-state index in [0.717, 1.165) is 15.8 Å². The van der Waals surface area contributed by atoms with Gasteiger partial charge in [0.05, 0.1) is 12.6 Å². The Kier molecular flexibility index (Phi) is 23.7. The van der Waals surface area contributed by atoms with Gasteiger partial charge in [0.1, 0.15) is 36.3 Å². The fraction of sp³-hybridized carbons (Fsp3) is 0.490. The number of aliphatic hydroxyl groups excluding tert-OH is 1. The van der Waals surface area contributed by atoms with E-state index in [2.05, 4.69) is 52.8 Å². The van der Waals surface area contributed by atoms with Crippen LogP contribution in [-0.2, 0) is 56.0 Å². The third-order valence-corrected chi connectivity index (χ3v) is 12.0. The number of hydrogen-bond acceptors (Lipinski definition) is 12. The summed E-state index contributed by atoms with van der Waals surface area (Å²) in [7, 11) is 0. The van der Waals surface area contributed by atoms with Crippen LogP contribution in [0.25, 0.3) is 10.9 Å². The lowest BCUT2D eigenvalue weighted by molar-refractivity contribution is -0.142. The molecule has 9 amide bonds. The van der Waals surface area contributed by atoms with Crippen molar-refractivity contribution in [2.24, 2.45) is 17.2 Å². The molecule has 408 valence electrons. The minimum absolute atomic E-state index is 0.0315. The van der Waals surface area contributed by atoms with Gasteiger partial charge in [-0.2, -0.15) is 0 Å². The van der Waals surface area contributed by atoms with Gasteiger partial charge in [-0.25, -0.2) is 0 Å². The van der Waals surface area contributed by atoms with Gasteiger partial charge in [0.2, 0.25) is 53.2 Å². The van der Waals surface area contributed by atoms with E-state index in [-0.39, 0.29) is 95.8 Å². The van der Waals surface area contributed by atoms with E-state index >= 15 is 0 Å². The topological polar surface area (TPSA) is 427 Å². The first-order valence-electron chi connectivity index (χ1n) is 24.8. The number of aromatic amines is 1. The average molecular weight is 1050 g/mol. The number of carbonyl (C=O) groups is 9. The predicted octanol–water partition coefficient (Wildman–Crippen LogP) is -3.21. The Morgan fingerprint density at radius 3 is 2.08 bits per heavy atom. The number of benzene rings is 2. The highest BCUT2D eigenvalue weighted by Crippen LogP contribution is 2.20. The molecule has 0 radical (unpaired) electrons. The number of hydrogen-bond donors (Lipinski definition) is 16. The van der Waals surface area contributed by atoms with Crippen LogP contribution in [0.15, 0.2) is 60.8 Å². The summed E-state index contributed by atoms with van der Waals surface area (Å²) in [5.74, 6) is -7.75. The lowest BCUT2D eigenvalue weighted by atomic mass is 10.0. The molecule has 7 atom stereocenters. The van der Waals surface area contributed by atoms with E-state index in [0.29, 0.717) is 11.1 Å². The molecule has 1 aliphatic rings. The van der Waals surface area contributed by atoms with Gasteiger partial charge in [-0.1, -0.05) is 48.5 Å². The lowest BCUT2D eigenvalue weighted by Gasteiger charge is -2.30. The Morgan fingerprint density at radius 1 is 0.787 bits per heavy atom. The van der Waals surface area contributed by atoms with Crippen molar-refractivity contribution in [2.75, 3.05) is 32.7 Å². The zero-order valence-corrected chi connectivity index (χ0v) is 42.2. The molecule has 1 saturated heterocycles. The Balaban J connectivity index is 1.76. The fourth-order valence-corrected chi connectivity index (χ4v) is 8.35. The van der Waals surface area contributed by atoms with Crippen molar-refractivity contribution < 1.29 is 48.3 Å². The number of guanidine groups is 2. The molecule has 0 unspecified atom stereocenters. The van der Waals surface area contributed by atoms with E-state index in [1.165, 1.54) is 13.8 Å². The van der Waals surface area contributed by atoms with E-state index < -0.39 is 109 Å². The Bertz CT molecular complexity index is 2490. The zero-order valence-electron chi connectivity index (χ0n) is 42.2. The van der Waals surface area contributed by atoms with Crippen LogP contribution >= 0.6 is 0 Å². The maximum atomic E-state index is 14.6. The summed E-state index contributed by atoms with van der Waals surface area (Å²) >= 11 is 0. The normalized spacial score (nSPS) is 20.7. The Morgan fingerprint density at radius 2 is 1.41 bits per heavy atom. The predicted molar refractivity (Wildman–Crippen MR) is 277 cm³/mol. The molecule has 1 aromatic heterocycles. The highest BCUT2D eigenvalue weighted by atomic mass is 16.3. The van der Waals surface area contributed by atoms with Crippen LogP contribution in [0.5, 0.6) is 0 Å². The molecule has 2 heterocycles. The summed E-state index contributed by atoms with van der Waals surface area (Å²) in [5.41, 5.74) is 18.6. The lowest BCUT2D eigenvalue weighted by Crippen LogP contribution is -2.59. The SMILES string of the molecule is CC(=O)N[C@@H](CCCNC(=N)N)C(=O)N[C@H]1CCC(=O)NCCC[C@@H](C(N)=O)NC(=O)[C@H](Cc2c[nH]c3ccccc23)NC(=O)[C@H](CCCNC(=N)N)NC(=O)[C@@H](Cc2ccccc2)NC(=O)CN(C[C@@H](C)O)C1=O. The number of fused-ring (bicyclic) bond motifs is 1. The molecule has 26 nitrogen and oxygen atoms in total. The summed E-state index contributed by atoms with van der Waals surface area (Å²) in [4.78, 5) is 128. The zero-order chi connectivity index (χ0) is 55.0. The minimum Gasteiger partial charge on any atom is -0.392 e. The number of primary amides is 1.